The Bertz CT molecular complexity index is 479. The van der Waals surface area contributed by atoms with E-state index in [4.69, 9.17) is 21.7 Å². The number of hydrogen-bond acceptors (Lipinski definition) is 5. The molecule has 0 unspecified atom stereocenters. The number of methoxy groups -OCH3 is 3. The number of esters is 1. The van der Waals surface area contributed by atoms with E-state index in [1.54, 1.807) is 26.4 Å². The molecule has 0 aliphatic rings. The van der Waals surface area contributed by atoms with Crippen LogP contribution in [0, 0.1) is 0 Å². The summed E-state index contributed by atoms with van der Waals surface area (Å²) in [6.45, 7) is 0.409. The number of benzene rings is 1. The van der Waals surface area contributed by atoms with Crippen molar-refractivity contribution in [2.75, 3.05) is 33.2 Å². The molecular formula is C13H18N2O4S. The summed E-state index contributed by atoms with van der Waals surface area (Å²) in [6, 6.07) is 5.36. The highest BCUT2D eigenvalue weighted by Gasteiger charge is 2.06. The highest BCUT2D eigenvalue weighted by molar-refractivity contribution is 7.80. The largest absolute Gasteiger partial charge is 0.493 e. The van der Waals surface area contributed by atoms with Gasteiger partial charge in [0.05, 0.1) is 27.8 Å². The maximum atomic E-state index is 10.9. The van der Waals surface area contributed by atoms with E-state index >= 15 is 0 Å². The fourth-order valence-corrected chi connectivity index (χ4v) is 1.69. The van der Waals surface area contributed by atoms with Gasteiger partial charge in [0.2, 0.25) is 0 Å². The number of carbonyl (C=O) groups excluding carboxylic acids is 1. The SMILES string of the molecule is COC(=O)CCNC(=S)Nc1ccc(OC)c(OC)c1. The summed E-state index contributed by atoms with van der Waals surface area (Å²) in [5.74, 6) is 0.962. The van der Waals surface area contributed by atoms with E-state index in [2.05, 4.69) is 15.4 Å². The Hall–Kier alpha value is -2.02. The molecule has 0 atom stereocenters. The third-order valence-electron chi connectivity index (χ3n) is 2.48. The lowest BCUT2D eigenvalue weighted by Crippen LogP contribution is -2.30. The van der Waals surface area contributed by atoms with Gasteiger partial charge in [0, 0.05) is 18.3 Å². The normalized spacial score (nSPS) is 9.55. The number of carbonyl (C=O) groups is 1. The molecule has 0 saturated heterocycles. The number of rotatable bonds is 6. The lowest BCUT2D eigenvalue weighted by atomic mass is 10.3. The minimum absolute atomic E-state index is 0.254. The molecule has 7 heteroatoms. The predicted octanol–water partition coefficient (Wildman–Crippen LogP) is 1.55. The summed E-state index contributed by atoms with van der Waals surface area (Å²) < 4.78 is 14.9. The van der Waals surface area contributed by atoms with E-state index in [0.717, 1.165) is 5.69 Å². The predicted molar refractivity (Wildman–Crippen MR) is 80.4 cm³/mol. The fraction of sp³-hybridized carbons (Fsp3) is 0.385. The summed E-state index contributed by atoms with van der Waals surface area (Å²) in [4.78, 5) is 10.9. The van der Waals surface area contributed by atoms with E-state index < -0.39 is 0 Å². The van der Waals surface area contributed by atoms with Crippen LogP contribution in [0.1, 0.15) is 6.42 Å². The van der Waals surface area contributed by atoms with Crippen LogP contribution in [0.5, 0.6) is 11.5 Å². The maximum Gasteiger partial charge on any atom is 0.307 e. The Morgan fingerprint density at radius 3 is 2.50 bits per heavy atom. The molecule has 0 amide bonds. The van der Waals surface area contributed by atoms with Crippen molar-refractivity contribution in [1.82, 2.24) is 5.32 Å². The molecule has 0 bridgehead atoms. The van der Waals surface area contributed by atoms with Gasteiger partial charge in [-0.15, -0.1) is 0 Å². The molecule has 0 fully saturated rings. The summed E-state index contributed by atoms with van der Waals surface area (Å²) in [6.07, 6.45) is 0.254. The maximum absolute atomic E-state index is 10.9. The molecule has 0 aromatic heterocycles. The van der Waals surface area contributed by atoms with Crippen molar-refractivity contribution in [2.24, 2.45) is 0 Å². The lowest BCUT2D eigenvalue weighted by Gasteiger charge is -2.12. The summed E-state index contributed by atoms with van der Waals surface area (Å²) >= 11 is 5.12. The second-order valence-corrected chi connectivity index (χ2v) is 4.19. The minimum Gasteiger partial charge on any atom is -0.493 e. The highest BCUT2D eigenvalue weighted by atomic mass is 32.1. The van der Waals surface area contributed by atoms with Gasteiger partial charge >= 0.3 is 5.97 Å². The number of anilines is 1. The first-order valence-electron chi connectivity index (χ1n) is 5.94. The number of hydrogen-bond donors (Lipinski definition) is 2. The van der Waals surface area contributed by atoms with E-state index in [1.807, 2.05) is 6.07 Å². The highest BCUT2D eigenvalue weighted by Crippen LogP contribution is 2.29. The number of nitrogens with one attached hydrogen (secondary N) is 2. The Balaban J connectivity index is 2.51. The van der Waals surface area contributed by atoms with Crippen LogP contribution in [0.25, 0.3) is 0 Å². The summed E-state index contributed by atoms with van der Waals surface area (Å²) in [5, 5.41) is 6.32. The molecule has 110 valence electrons. The molecule has 0 spiro atoms. The molecule has 0 aliphatic carbocycles. The molecule has 1 aromatic rings. The van der Waals surface area contributed by atoms with Crippen molar-refractivity contribution in [3.8, 4) is 11.5 Å². The average molecular weight is 298 g/mol. The van der Waals surface area contributed by atoms with Crippen molar-refractivity contribution in [3.05, 3.63) is 18.2 Å². The average Bonchev–Trinajstić information content (AvgIpc) is 2.46. The van der Waals surface area contributed by atoms with Crippen LogP contribution < -0.4 is 20.1 Å². The van der Waals surface area contributed by atoms with Gasteiger partial charge in [0.25, 0.3) is 0 Å². The Kier molecular flexibility index (Phi) is 6.58. The zero-order chi connectivity index (χ0) is 15.0. The van der Waals surface area contributed by atoms with E-state index in [0.29, 0.717) is 23.2 Å². The first-order chi connectivity index (χ1) is 9.60. The van der Waals surface area contributed by atoms with Crippen LogP contribution in [0.3, 0.4) is 0 Å². The molecule has 6 nitrogen and oxygen atoms in total. The molecule has 0 aliphatic heterocycles. The van der Waals surface area contributed by atoms with Gasteiger partial charge in [-0.05, 0) is 24.4 Å². The van der Waals surface area contributed by atoms with E-state index in [1.165, 1.54) is 7.11 Å². The lowest BCUT2D eigenvalue weighted by molar-refractivity contribution is -0.140. The molecule has 1 rings (SSSR count). The van der Waals surface area contributed by atoms with Gasteiger partial charge in [-0.25, -0.2) is 0 Å². The molecule has 20 heavy (non-hydrogen) atoms. The third-order valence-corrected chi connectivity index (χ3v) is 2.73. The first kappa shape index (κ1) is 16.0. The molecule has 0 saturated carbocycles. The van der Waals surface area contributed by atoms with Crippen molar-refractivity contribution >= 4 is 29.0 Å². The fourth-order valence-electron chi connectivity index (χ4n) is 1.47. The monoisotopic (exact) mass is 298 g/mol. The van der Waals surface area contributed by atoms with Gasteiger partial charge < -0.3 is 24.8 Å². The van der Waals surface area contributed by atoms with Gasteiger partial charge in [0.15, 0.2) is 16.6 Å². The van der Waals surface area contributed by atoms with Crippen LogP contribution in [0.4, 0.5) is 5.69 Å². The second-order valence-electron chi connectivity index (χ2n) is 3.78. The Morgan fingerprint density at radius 1 is 1.20 bits per heavy atom. The van der Waals surface area contributed by atoms with Crippen LogP contribution in [0.2, 0.25) is 0 Å². The number of ether oxygens (including phenoxy) is 3. The molecule has 0 radical (unpaired) electrons. The van der Waals surface area contributed by atoms with Crippen LogP contribution >= 0.6 is 12.2 Å². The number of thiocarbonyl (C=S) groups is 1. The third kappa shape index (κ3) is 4.93. The van der Waals surface area contributed by atoms with Gasteiger partial charge in [-0.3, -0.25) is 4.79 Å². The smallest absolute Gasteiger partial charge is 0.307 e. The molecule has 0 heterocycles. The standard InChI is InChI=1S/C13H18N2O4S/c1-17-10-5-4-9(8-11(10)18-2)15-13(20)14-7-6-12(16)19-3/h4-5,8H,6-7H2,1-3H3,(H2,14,15,20). The first-order valence-corrected chi connectivity index (χ1v) is 6.35. The summed E-state index contributed by atoms with van der Waals surface area (Å²) in [7, 11) is 4.49. The van der Waals surface area contributed by atoms with Crippen LogP contribution in [-0.2, 0) is 9.53 Å². The van der Waals surface area contributed by atoms with Crippen molar-refractivity contribution in [2.45, 2.75) is 6.42 Å². The quantitative estimate of drug-likeness (QED) is 0.610. The van der Waals surface area contributed by atoms with Crippen LogP contribution in [-0.4, -0.2) is 39.0 Å². The van der Waals surface area contributed by atoms with Crippen molar-refractivity contribution in [1.29, 1.82) is 0 Å². The topological polar surface area (TPSA) is 68.8 Å². The molecular weight excluding hydrogens is 280 g/mol. The van der Waals surface area contributed by atoms with E-state index in [-0.39, 0.29) is 12.4 Å². The van der Waals surface area contributed by atoms with Gasteiger partial charge in [0.1, 0.15) is 0 Å². The van der Waals surface area contributed by atoms with Gasteiger partial charge in [-0.1, -0.05) is 0 Å². The van der Waals surface area contributed by atoms with Gasteiger partial charge in [-0.2, -0.15) is 0 Å². The zero-order valence-electron chi connectivity index (χ0n) is 11.7. The second kappa shape index (κ2) is 8.21. The Labute approximate surface area is 123 Å². The van der Waals surface area contributed by atoms with Crippen LogP contribution in [0.15, 0.2) is 18.2 Å². The van der Waals surface area contributed by atoms with Crippen molar-refractivity contribution in [3.63, 3.8) is 0 Å². The minimum atomic E-state index is -0.286. The van der Waals surface area contributed by atoms with Crippen molar-refractivity contribution < 1.29 is 19.0 Å². The Morgan fingerprint density at radius 2 is 1.90 bits per heavy atom. The molecule has 2 N–H and O–H groups in total. The summed E-state index contributed by atoms with van der Waals surface area (Å²) in [5.41, 5.74) is 0.762. The zero-order valence-corrected chi connectivity index (χ0v) is 12.5. The van der Waals surface area contributed by atoms with E-state index in [9.17, 15) is 4.79 Å². The molecule has 1 aromatic carbocycles.